The molecule has 9 aromatic carbocycles. The van der Waals surface area contributed by atoms with Crippen LogP contribution in [0.1, 0.15) is 11.1 Å². The van der Waals surface area contributed by atoms with Crippen molar-refractivity contribution in [3.05, 3.63) is 217 Å². The number of nitrogens with zero attached hydrogens (tertiary/aromatic N) is 2. The number of para-hydroxylation sites is 2. The SMILES string of the molecule is C(=C\c1ccc(N(c2cccc3ccccc23)c2cc3ccccc3c3ccccc23)cc1)/c1ccc(N(c2ccccc2)c2ccccc2)cc1. The highest BCUT2D eigenvalue weighted by molar-refractivity contribution is 6.15. The first-order chi connectivity index (χ1) is 25.8. The third kappa shape index (κ3) is 5.97. The zero-order chi connectivity index (χ0) is 34.7. The van der Waals surface area contributed by atoms with Crippen molar-refractivity contribution >= 4 is 78.6 Å². The summed E-state index contributed by atoms with van der Waals surface area (Å²) < 4.78 is 0. The lowest BCUT2D eigenvalue weighted by molar-refractivity contribution is 1.28. The van der Waals surface area contributed by atoms with Gasteiger partial charge in [-0.3, -0.25) is 0 Å². The molecule has 246 valence electrons. The van der Waals surface area contributed by atoms with Crippen LogP contribution >= 0.6 is 0 Å². The molecule has 0 heterocycles. The van der Waals surface area contributed by atoms with Crippen molar-refractivity contribution in [3.63, 3.8) is 0 Å². The van der Waals surface area contributed by atoms with Crippen LogP contribution in [0, 0.1) is 0 Å². The molecule has 2 heteroatoms. The predicted molar refractivity (Wildman–Crippen MR) is 224 cm³/mol. The highest BCUT2D eigenvalue weighted by atomic mass is 15.1. The molecular formula is C50H36N2. The standard InChI is InChI=1S/C50H36N2/c1-3-17-41(18-4-1)51(42-19-5-2-6-20-42)43-32-28-37(29-33-43)26-27-38-30-34-44(35-31-38)52(49-25-13-16-39-14-7-10-22-46(39)49)50-36-40-15-8-9-21-45(40)47-23-11-12-24-48(47)50/h1-36H/b27-26+. The Hall–Kier alpha value is -6.90. The van der Waals surface area contributed by atoms with E-state index in [9.17, 15) is 0 Å². The summed E-state index contributed by atoms with van der Waals surface area (Å²) in [5.74, 6) is 0. The van der Waals surface area contributed by atoms with Gasteiger partial charge < -0.3 is 9.80 Å². The van der Waals surface area contributed by atoms with Gasteiger partial charge in [-0.15, -0.1) is 0 Å². The Morgan fingerprint density at radius 1 is 0.269 bits per heavy atom. The Morgan fingerprint density at radius 2 is 0.712 bits per heavy atom. The first-order valence-electron chi connectivity index (χ1n) is 17.8. The Bertz CT molecular complexity index is 2620. The van der Waals surface area contributed by atoms with Crippen molar-refractivity contribution in [2.75, 3.05) is 9.80 Å². The molecule has 0 aliphatic heterocycles. The van der Waals surface area contributed by atoms with E-state index in [0.717, 1.165) is 45.3 Å². The Balaban J connectivity index is 1.07. The van der Waals surface area contributed by atoms with Crippen LogP contribution in [0.2, 0.25) is 0 Å². The van der Waals surface area contributed by atoms with Gasteiger partial charge in [0.25, 0.3) is 0 Å². The highest BCUT2D eigenvalue weighted by Crippen LogP contribution is 2.44. The molecule has 0 aromatic heterocycles. The van der Waals surface area contributed by atoms with Crippen molar-refractivity contribution in [2.45, 2.75) is 0 Å². The van der Waals surface area contributed by atoms with E-state index in [1.54, 1.807) is 0 Å². The lowest BCUT2D eigenvalue weighted by Gasteiger charge is -2.29. The molecule has 52 heavy (non-hydrogen) atoms. The van der Waals surface area contributed by atoms with Crippen molar-refractivity contribution < 1.29 is 0 Å². The summed E-state index contributed by atoms with van der Waals surface area (Å²) in [6.45, 7) is 0. The Labute approximate surface area is 304 Å². The second-order valence-electron chi connectivity index (χ2n) is 13.0. The average molecular weight is 665 g/mol. The molecule has 0 unspecified atom stereocenters. The van der Waals surface area contributed by atoms with Crippen LogP contribution < -0.4 is 9.80 Å². The van der Waals surface area contributed by atoms with E-state index in [2.05, 4.69) is 228 Å². The van der Waals surface area contributed by atoms with Crippen LogP contribution in [-0.2, 0) is 0 Å². The zero-order valence-corrected chi connectivity index (χ0v) is 28.7. The number of benzene rings is 9. The topological polar surface area (TPSA) is 6.48 Å². The van der Waals surface area contributed by atoms with Gasteiger partial charge in [-0.25, -0.2) is 0 Å². The normalized spacial score (nSPS) is 11.4. The molecule has 0 amide bonds. The van der Waals surface area contributed by atoms with Crippen molar-refractivity contribution in [1.82, 2.24) is 0 Å². The molecule has 0 atom stereocenters. The van der Waals surface area contributed by atoms with E-state index in [1.165, 1.54) is 32.3 Å². The molecule has 9 rings (SSSR count). The van der Waals surface area contributed by atoms with Gasteiger partial charge in [-0.2, -0.15) is 0 Å². The number of fused-ring (bicyclic) bond motifs is 4. The third-order valence-corrected chi connectivity index (χ3v) is 9.79. The monoisotopic (exact) mass is 664 g/mol. The van der Waals surface area contributed by atoms with E-state index in [4.69, 9.17) is 0 Å². The zero-order valence-electron chi connectivity index (χ0n) is 28.7. The molecule has 0 saturated carbocycles. The van der Waals surface area contributed by atoms with Gasteiger partial charge >= 0.3 is 0 Å². The molecule has 0 saturated heterocycles. The molecule has 0 aliphatic carbocycles. The van der Waals surface area contributed by atoms with E-state index in [1.807, 2.05) is 0 Å². The fourth-order valence-corrected chi connectivity index (χ4v) is 7.29. The maximum Gasteiger partial charge on any atom is 0.0546 e. The largest absolute Gasteiger partial charge is 0.311 e. The quantitative estimate of drug-likeness (QED) is 0.118. The van der Waals surface area contributed by atoms with Crippen LogP contribution in [0.4, 0.5) is 34.1 Å². The van der Waals surface area contributed by atoms with Crippen LogP contribution in [0.5, 0.6) is 0 Å². The summed E-state index contributed by atoms with van der Waals surface area (Å²) in [6, 6.07) is 73.7. The van der Waals surface area contributed by atoms with Gasteiger partial charge in [-0.1, -0.05) is 158 Å². The minimum Gasteiger partial charge on any atom is -0.311 e. The van der Waals surface area contributed by atoms with Gasteiger partial charge in [0, 0.05) is 33.5 Å². The molecule has 0 spiro atoms. The number of anilines is 6. The molecule has 9 aromatic rings. The van der Waals surface area contributed by atoms with Crippen LogP contribution in [0.3, 0.4) is 0 Å². The van der Waals surface area contributed by atoms with Crippen LogP contribution in [0.15, 0.2) is 206 Å². The second kappa shape index (κ2) is 13.8. The van der Waals surface area contributed by atoms with Gasteiger partial charge in [0.1, 0.15) is 0 Å². The lowest BCUT2D eigenvalue weighted by atomic mass is 9.98. The summed E-state index contributed by atoms with van der Waals surface area (Å²) in [4.78, 5) is 4.71. The van der Waals surface area contributed by atoms with Crippen LogP contribution in [-0.4, -0.2) is 0 Å². The van der Waals surface area contributed by atoms with Gasteiger partial charge in [0.2, 0.25) is 0 Å². The third-order valence-electron chi connectivity index (χ3n) is 9.79. The van der Waals surface area contributed by atoms with E-state index in [0.29, 0.717) is 0 Å². The van der Waals surface area contributed by atoms with E-state index < -0.39 is 0 Å². The van der Waals surface area contributed by atoms with E-state index in [-0.39, 0.29) is 0 Å². The summed E-state index contributed by atoms with van der Waals surface area (Å²) in [5.41, 5.74) is 9.10. The van der Waals surface area contributed by atoms with Crippen LogP contribution in [0.25, 0.3) is 44.5 Å². The fraction of sp³-hybridized carbons (Fsp3) is 0. The van der Waals surface area contributed by atoms with Crippen molar-refractivity contribution in [1.29, 1.82) is 0 Å². The average Bonchev–Trinajstić information content (AvgIpc) is 3.22. The first-order valence-corrected chi connectivity index (χ1v) is 17.8. The molecule has 0 aliphatic rings. The molecule has 2 nitrogen and oxygen atoms in total. The first kappa shape index (κ1) is 31.1. The summed E-state index contributed by atoms with van der Waals surface area (Å²) >= 11 is 0. The van der Waals surface area contributed by atoms with Crippen molar-refractivity contribution in [3.8, 4) is 0 Å². The molecule has 0 N–H and O–H groups in total. The predicted octanol–water partition coefficient (Wildman–Crippen LogP) is 14.3. The minimum atomic E-state index is 1.11. The fourth-order valence-electron chi connectivity index (χ4n) is 7.29. The molecule has 0 radical (unpaired) electrons. The van der Waals surface area contributed by atoms with Crippen molar-refractivity contribution in [2.24, 2.45) is 0 Å². The number of hydrogen-bond donors (Lipinski definition) is 0. The minimum absolute atomic E-state index is 1.11. The highest BCUT2D eigenvalue weighted by Gasteiger charge is 2.19. The summed E-state index contributed by atoms with van der Waals surface area (Å²) in [5, 5.41) is 7.40. The van der Waals surface area contributed by atoms with Gasteiger partial charge in [0.15, 0.2) is 0 Å². The number of hydrogen-bond acceptors (Lipinski definition) is 2. The number of rotatable bonds is 8. The summed E-state index contributed by atoms with van der Waals surface area (Å²) in [7, 11) is 0. The smallest absolute Gasteiger partial charge is 0.0546 e. The molecule has 0 fully saturated rings. The van der Waals surface area contributed by atoms with Gasteiger partial charge in [0.05, 0.1) is 11.4 Å². The molecule has 0 bridgehead atoms. The maximum atomic E-state index is 2.43. The van der Waals surface area contributed by atoms with Gasteiger partial charge in [-0.05, 0) is 93.3 Å². The lowest BCUT2D eigenvalue weighted by Crippen LogP contribution is -2.11. The Morgan fingerprint density at radius 3 is 1.33 bits per heavy atom. The molecular weight excluding hydrogens is 629 g/mol. The maximum absolute atomic E-state index is 2.43. The second-order valence-corrected chi connectivity index (χ2v) is 13.0. The summed E-state index contributed by atoms with van der Waals surface area (Å²) in [6.07, 6.45) is 4.38. The van der Waals surface area contributed by atoms with E-state index >= 15 is 0 Å². The Kier molecular flexibility index (Phi) is 8.24.